The highest BCUT2D eigenvalue weighted by Gasteiger charge is 2.38. The molecule has 3 rings (SSSR count). The zero-order valence-electron chi connectivity index (χ0n) is 18.0. The summed E-state index contributed by atoms with van der Waals surface area (Å²) in [5, 5.41) is 0. The quantitative estimate of drug-likeness (QED) is 0.596. The molecule has 2 saturated heterocycles. The summed E-state index contributed by atoms with van der Waals surface area (Å²) in [6, 6.07) is 11.0. The zero-order valence-corrected chi connectivity index (χ0v) is 18.0. The fourth-order valence-corrected chi connectivity index (χ4v) is 5.18. The molecule has 2 aliphatic rings. The van der Waals surface area contributed by atoms with Gasteiger partial charge in [0.05, 0.1) is 19.7 Å². The van der Waals surface area contributed by atoms with E-state index < -0.39 is 0 Å². The summed E-state index contributed by atoms with van der Waals surface area (Å²) in [7, 11) is 0. The highest BCUT2D eigenvalue weighted by Crippen LogP contribution is 2.31. The first-order valence-electron chi connectivity index (χ1n) is 11.0. The van der Waals surface area contributed by atoms with Gasteiger partial charge in [-0.05, 0) is 37.0 Å². The van der Waals surface area contributed by atoms with E-state index in [1.165, 1.54) is 48.8 Å². The molecule has 27 heavy (non-hydrogen) atoms. The molecule has 3 heteroatoms. The molecule has 3 atom stereocenters. The standard InChI is InChI=1S/C24H40NO2/c1-20(16-24(2,3)4)15-23-26-19-22(27-23)18-25(13-9-6-10-14-25)17-21-11-7-5-8-12-21/h5,7-8,11-12,20,22-23H,6,9-10,13-19H2,1-4H3/q+1. The lowest BCUT2D eigenvalue weighted by atomic mass is 9.84. The van der Waals surface area contributed by atoms with Gasteiger partial charge in [0.25, 0.3) is 0 Å². The Bertz CT molecular complexity index is 559. The third-order valence-electron chi connectivity index (χ3n) is 6.08. The van der Waals surface area contributed by atoms with Crippen molar-refractivity contribution in [3.05, 3.63) is 35.9 Å². The van der Waals surface area contributed by atoms with Gasteiger partial charge in [-0.3, -0.25) is 0 Å². The van der Waals surface area contributed by atoms with Gasteiger partial charge in [-0.25, -0.2) is 0 Å². The Morgan fingerprint density at radius 2 is 1.78 bits per heavy atom. The van der Waals surface area contributed by atoms with Crippen molar-refractivity contribution in [2.45, 2.75) is 78.7 Å². The summed E-state index contributed by atoms with van der Waals surface area (Å²) in [5.74, 6) is 0.635. The number of benzene rings is 1. The summed E-state index contributed by atoms with van der Waals surface area (Å²) < 4.78 is 13.6. The Morgan fingerprint density at radius 3 is 2.44 bits per heavy atom. The Kier molecular flexibility index (Phi) is 6.99. The average Bonchev–Trinajstić information content (AvgIpc) is 3.01. The Labute approximate surface area is 166 Å². The van der Waals surface area contributed by atoms with E-state index in [1.807, 2.05) is 0 Å². The monoisotopic (exact) mass is 374 g/mol. The summed E-state index contributed by atoms with van der Waals surface area (Å²) in [6.07, 6.45) is 6.54. The Morgan fingerprint density at radius 1 is 1.07 bits per heavy atom. The number of quaternary nitrogens is 1. The number of hydrogen-bond acceptors (Lipinski definition) is 2. The molecule has 2 aliphatic heterocycles. The van der Waals surface area contributed by atoms with Crippen molar-refractivity contribution in [3.63, 3.8) is 0 Å². The Hall–Kier alpha value is -0.900. The first-order valence-corrected chi connectivity index (χ1v) is 11.0. The number of ether oxygens (including phenoxy) is 2. The number of rotatable bonds is 7. The van der Waals surface area contributed by atoms with Crippen molar-refractivity contribution in [1.29, 1.82) is 0 Å². The average molecular weight is 375 g/mol. The van der Waals surface area contributed by atoms with E-state index in [4.69, 9.17) is 9.47 Å². The summed E-state index contributed by atoms with van der Waals surface area (Å²) in [6.45, 7) is 14.8. The molecule has 0 N–H and O–H groups in total. The molecule has 0 radical (unpaired) electrons. The number of nitrogens with zero attached hydrogens (tertiary/aromatic N) is 1. The van der Waals surface area contributed by atoms with E-state index in [9.17, 15) is 0 Å². The molecule has 1 aromatic rings. The highest BCUT2D eigenvalue weighted by atomic mass is 16.7. The van der Waals surface area contributed by atoms with Crippen LogP contribution in [-0.2, 0) is 16.0 Å². The van der Waals surface area contributed by atoms with Crippen LogP contribution in [0.15, 0.2) is 30.3 Å². The molecular weight excluding hydrogens is 334 g/mol. The van der Waals surface area contributed by atoms with Crippen LogP contribution in [0.5, 0.6) is 0 Å². The third-order valence-corrected chi connectivity index (χ3v) is 6.08. The van der Waals surface area contributed by atoms with Crippen LogP contribution < -0.4 is 0 Å². The predicted octanol–water partition coefficient (Wildman–Crippen LogP) is 5.39. The normalized spacial score (nSPS) is 26.8. The molecule has 0 aromatic heterocycles. The Balaban J connectivity index is 1.55. The molecule has 2 fully saturated rings. The van der Waals surface area contributed by atoms with E-state index >= 15 is 0 Å². The second kappa shape index (κ2) is 9.07. The fraction of sp³-hybridized carbons (Fsp3) is 0.750. The van der Waals surface area contributed by atoms with Gasteiger partial charge in [-0.15, -0.1) is 0 Å². The molecule has 0 amide bonds. The van der Waals surface area contributed by atoms with Crippen molar-refractivity contribution in [2.24, 2.45) is 11.3 Å². The van der Waals surface area contributed by atoms with Gasteiger partial charge in [0, 0.05) is 12.0 Å². The molecule has 152 valence electrons. The number of hydrogen-bond donors (Lipinski definition) is 0. The van der Waals surface area contributed by atoms with E-state index in [1.54, 1.807) is 0 Å². The molecule has 3 unspecified atom stereocenters. The van der Waals surface area contributed by atoms with Crippen molar-refractivity contribution in [1.82, 2.24) is 0 Å². The molecule has 0 aliphatic carbocycles. The first-order chi connectivity index (χ1) is 12.8. The first kappa shape index (κ1) is 20.8. The number of likely N-dealkylation sites (tertiary alicyclic amines) is 1. The molecule has 0 saturated carbocycles. The lowest BCUT2D eigenvalue weighted by Gasteiger charge is -2.42. The predicted molar refractivity (Wildman–Crippen MR) is 111 cm³/mol. The van der Waals surface area contributed by atoms with E-state index in [2.05, 4.69) is 58.0 Å². The van der Waals surface area contributed by atoms with Crippen LogP contribution in [-0.4, -0.2) is 43.1 Å². The highest BCUT2D eigenvalue weighted by molar-refractivity contribution is 5.13. The molecule has 0 bridgehead atoms. The van der Waals surface area contributed by atoms with Crippen LogP contribution in [0.3, 0.4) is 0 Å². The van der Waals surface area contributed by atoms with Crippen LogP contribution >= 0.6 is 0 Å². The number of piperidine rings is 1. The van der Waals surface area contributed by atoms with Gasteiger partial charge in [0.2, 0.25) is 0 Å². The molecule has 2 heterocycles. The maximum absolute atomic E-state index is 6.37. The van der Waals surface area contributed by atoms with Gasteiger partial charge in [-0.2, -0.15) is 0 Å². The van der Waals surface area contributed by atoms with E-state index in [0.29, 0.717) is 11.3 Å². The smallest absolute Gasteiger partial charge is 0.158 e. The van der Waals surface area contributed by atoms with Crippen LogP contribution in [0.2, 0.25) is 0 Å². The van der Waals surface area contributed by atoms with Gasteiger partial charge in [0.1, 0.15) is 19.2 Å². The van der Waals surface area contributed by atoms with Crippen molar-refractivity contribution in [3.8, 4) is 0 Å². The van der Waals surface area contributed by atoms with Gasteiger partial charge < -0.3 is 14.0 Å². The molecule has 3 nitrogen and oxygen atoms in total. The SMILES string of the molecule is CC(CC1OCC(C[N+]2(Cc3ccccc3)CCCCC2)O1)CC(C)(C)C. The van der Waals surface area contributed by atoms with Gasteiger partial charge >= 0.3 is 0 Å². The second-order valence-electron chi connectivity index (χ2n) is 10.3. The minimum Gasteiger partial charge on any atom is -0.350 e. The minimum absolute atomic E-state index is 0.00563. The van der Waals surface area contributed by atoms with Crippen LogP contribution in [0, 0.1) is 11.3 Å². The van der Waals surface area contributed by atoms with Crippen molar-refractivity contribution < 1.29 is 14.0 Å². The van der Waals surface area contributed by atoms with E-state index in [0.717, 1.165) is 26.1 Å². The van der Waals surface area contributed by atoms with Crippen LogP contribution in [0.4, 0.5) is 0 Å². The molecule has 0 spiro atoms. The largest absolute Gasteiger partial charge is 0.350 e. The third kappa shape index (κ3) is 6.58. The molecule has 1 aromatic carbocycles. The van der Waals surface area contributed by atoms with Gasteiger partial charge in [0.15, 0.2) is 6.29 Å². The fourth-order valence-electron chi connectivity index (χ4n) is 5.18. The van der Waals surface area contributed by atoms with Gasteiger partial charge in [-0.1, -0.05) is 58.0 Å². The van der Waals surface area contributed by atoms with Crippen molar-refractivity contribution in [2.75, 3.05) is 26.2 Å². The maximum atomic E-state index is 6.37. The zero-order chi connectivity index (χ0) is 19.3. The topological polar surface area (TPSA) is 18.5 Å². The molecular formula is C24H40NO2+. The summed E-state index contributed by atoms with van der Waals surface area (Å²) >= 11 is 0. The minimum atomic E-state index is -0.00563. The van der Waals surface area contributed by atoms with Crippen molar-refractivity contribution >= 4 is 0 Å². The van der Waals surface area contributed by atoms with E-state index in [-0.39, 0.29) is 12.4 Å². The van der Waals surface area contributed by atoms with Crippen LogP contribution in [0.1, 0.15) is 65.4 Å². The second-order valence-corrected chi connectivity index (χ2v) is 10.3. The maximum Gasteiger partial charge on any atom is 0.158 e. The van der Waals surface area contributed by atoms with Crippen LogP contribution in [0.25, 0.3) is 0 Å². The summed E-state index contributed by atoms with van der Waals surface area (Å²) in [5.41, 5.74) is 1.82. The summed E-state index contributed by atoms with van der Waals surface area (Å²) in [4.78, 5) is 0. The lowest BCUT2D eigenvalue weighted by molar-refractivity contribution is -0.947. The lowest BCUT2D eigenvalue weighted by Crippen LogP contribution is -2.54.